The summed E-state index contributed by atoms with van der Waals surface area (Å²) in [5.74, 6) is 1.52. The lowest BCUT2D eigenvalue weighted by molar-refractivity contribution is 0.268. The van der Waals surface area contributed by atoms with Crippen molar-refractivity contribution in [3.63, 3.8) is 0 Å². The Morgan fingerprint density at radius 2 is 2.00 bits per heavy atom. The van der Waals surface area contributed by atoms with Crippen molar-refractivity contribution in [1.82, 2.24) is 9.80 Å². The van der Waals surface area contributed by atoms with Crippen LogP contribution in [-0.4, -0.2) is 55.0 Å². The molecule has 2 heterocycles. The molecule has 0 radical (unpaired) electrons. The zero-order valence-corrected chi connectivity index (χ0v) is 14.0. The predicted octanol–water partition coefficient (Wildman–Crippen LogP) is 1.75. The normalized spacial score (nSPS) is 30.3. The summed E-state index contributed by atoms with van der Waals surface area (Å²) in [7, 11) is 2.19. The maximum Gasteiger partial charge on any atom is 0.191 e. The molecule has 18 heavy (non-hydrogen) atoms. The monoisotopic (exact) mass is 366 g/mol. The minimum absolute atomic E-state index is 0. The maximum atomic E-state index is 6.09. The van der Waals surface area contributed by atoms with Gasteiger partial charge in [0.1, 0.15) is 0 Å². The topological polar surface area (TPSA) is 44.9 Å². The lowest BCUT2D eigenvalue weighted by Gasteiger charge is -2.32. The molecule has 2 saturated heterocycles. The Bertz CT molecular complexity index is 282. The number of aliphatic imine (C=N–C) groups is 1. The standard InChI is InChI=1S/C13H26N4.HI/c1-11-5-3-8-17(10-11)13(14)15-9-12-6-4-7-16(12)2;/h11-12H,3-10H2,1-2H3,(H2,14,15);1H. The summed E-state index contributed by atoms with van der Waals surface area (Å²) in [5, 5.41) is 0. The van der Waals surface area contributed by atoms with Crippen molar-refractivity contribution in [3.8, 4) is 0 Å². The second-order valence-corrected chi connectivity index (χ2v) is 5.67. The third kappa shape index (κ3) is 4.26. The first kappa shape index (κ1) is 16.0. The van der Waals surface area contributed by atoms with Crippen molar-refractivity contribution in [2.45, 2.75) is 38.6 Å². The number of rotatable bonds is 2. The highest BCUT2D eigenvalue weighted by Gasteiger charge is 2.21. The summed E-state index contributed by atoms with van der Waals surface area (Å²) < 4.78 is 0. The summed E-state index contributed by atoms with van der Waals surface area (Å²) in [5.41, 5.74) is 6.09. The lowest BCUT2D eigenvalue weighted by atomic mass is 10.0. The van der Waals surface area contributed by atoms with Gasteiger partial charge in [-0.2, -0.15) is 0 Å². The van der Waals surface area contributed by atoms with Crippen LogP contribution < -0.4 is 5.73 Å². The number of halogens is 1. The summed E-state index contributed by atoms with van der Waals surface area (Å²) >= 11 is 0. The van der Waals surface area contributed by atoms with E-state index >= 15 is 0 Å². The molecule has 2 unspecified atom stereocenters. The quantitative estimate of drug-likeness (QED) is 0.460. The van der Waals surface area contributed by atoms with Crippen LogP contribution in [0.3, 0.4) is 0 Å². The number of nitrogens with zero attached hydrogens (tertiary/aromatic N) is 3. The van der Waals surface area contributed by atoms with E-state index in [1.165, 1.54) is 32.2 Å². The summed E-state index contributed by atoms with van der Waals surface area (Å²) in [6.45, 7) is 6.54. The molecule has 4 nitrogen and oxygen atoms in total. The van der Waals surface area contributed by atoms with Crippen LogP contribution in [0, 0.1) is 5.92 Å². The molecule has 0 aromatic heterocycles. The van der Waals surface area contributed by atoms with Crippen LogP contribution in [0.4, 0.5) is 0 Å². The van der Waals surface area contributed by atoms with E-state index in [0.29, 0.717) is 6.04 Å². The van der Waals surface area contributed by atoms with Gasteiger partial charge >= 0.3 is 0 Å². The van der Waals surface area contributed by atoms with Gasteiger partial charge in [0.05, 0.1) is 6.54 Å². The van der Waals surface area contributed by atoms with E-state index in [9.17, 15) is 0 Å². The molecule has 0 aliphatic carbocycles. The lowest BCUT2D eigenvalue weighted by Crippen LogP contribution is -2.44. The van der Waals surface area contributed by atoms with Gasteiger partial charge in [-0.05, 0) is 45.2 Å². The number of piperidine rings is 1. The van der Waals surface area contributed by atoms with Crippen molar-refractivity contribution in [2.24, 2.45) is 16.6 Å². The second kappa shape index (κ2) is 7.53. The molecule has 0 aromatic rings. The van der Waals surface area contributed by atoms with E-state index in [0.717, 1.165) is 31.5 Å². The Balaban J connectivity index is 0.00000162. The van der Waals surface area contributed by atoms with Crippen molar-refractivity contribution in [3.05, 3.63) is 0 Å². The van der Waals surface area contributed by atoms with E-state index in [1.807, 2.05) is 0 Å². The first-order chi connectivity index (χ1) is 8.16. The number of nitrogens with two attached hydrogens (primary N) is 1. The Morgan fingerprint density at radius 3 is 2.61 bits per heavy atom. The number of likely N-dealkylation sites (N-methyl/N-ethyl adjacent to an activating group) is 1. The van der Waals surface area contributed by atoms with Gasteiger partial charge in [-0.3, -0.25) is 4.99 Å². The minimum Gasteiger partial charge on any atom is -0.370 e. The molecule has 2 N–H and O–H groups in total. The average Bonchev–Trinajstić information content (AvgIpc) is 2.72. The molecule has 0 saturated carbocycles. The first-order valence-corrected chi connectivity index (χ1v) is 6.92. The molecule has 2 aliphatic rings. The molecule has 106 valence electrons. The summed E-state index contributed by atoms with van der Waals surface area (Å²) in [4.78, 5) is 9.24. The Morgan fingerprint density at radius 1 is 1.28 bits per heavy atom. The minimum atomic E-state index is 0. The fourth-order valence-corrected chi connectivity index (χ4v) is 2.91. The summed E-state index contributed by atoms with van der Waals surface area (Å²) in [6, 6.07) is 0.607. The molecule has 2 rings (SSSR count). The van der Waals surface area contributed by atoms with Crippen LogP contribution in [0.25, 0.3) is 0 Å². The first-order valence-electron chi connectivity index (χ1n) is 6.92. The second-order valence-electron chi connectivity index (χ2n) is 5.67. The third-order valence-electron chi connectivity index (χ3n) is 4.12. The number of guanidine groups is 1. The molecular formula is C13H27IN4. The molecule has 2 fully saturated rings. The van der Waals surface area contributed by atoms with Crippen molar-refractivity contribution < 1.29 is 0 Å². The molecule has 0 bridgehead atoms. The summed E-state index contributed by atoms with van der Waals surface area (Å²) in [6.07, 6.45) is 5.15. The Labute approximate surface area is 128 Å². The molecular weight excluding hydrogens is 339 g/mol. The van der Waals surface area contributed by atoms with Crippen LogP contribution in [0.2, 0.25) is 0 Å². The maximum absolute atomic E-state index is 6.09. The predicted molar refractivity (Wildman–Crippen MR) is 87.5 cm³/mol. The number of likely N-dealkylation sites (tertiary alicyclic amines) is 2. The van der Waals surface area contributed by atoms with Crippen LogP contribution in [0.1, 0.15) is 32.6 Å². The van der Waals surface area contributed by atoms with Crippen LogP contribution in [0.15, 0.2) is 4.99 Å². The SMILES string of the molecule is CC1CCCN(C(N)=NCC2CCCN2C)C1.I. The highest BCUT2D eigenvalue weighted by Crippen LogP contribution is 2.16. The van der Waals surface area contributed by atoms with E-state index in [2.05, 4.69) is 28.8 Å². The largest absolute Gasteiger partial charge is 0.370 e. The Kier molecular flexibility index (Phi) is 6.70. The zero-order chi connectivity index (χ0) is 12.3. The van der Waals surface area contributed by atoms with Gasteiger partial charge < -0.3 is 15.5 Å². The highest BCUT2D eigenvalue weighted by atomic mass is 127. The van der Waals surface area contributed by atoms with Crippen LogP contribution >= 0.6 is 24.0 Å². The highest BCUT2D eigenvalue weighted by molar-refractivity contribution is 14.0. The fourth-order valence-electron chi connectivity index (χ4n) is 2.91. The van der Waals surface area contributed by atoms with E-state index in [4.69, 9.17) is 5.73 Å². The fraction of sp³-hybridized carbons (Fsp3) is 0.923. The van der Waals surface area contributed by atoms with E-state index in [-0.39, 0.29) is 24.0 Å². The van der Waals surface area contributed by atoms with Gasteiger partial charge in [0.25, 0.3) is 0 Å². The number of hydrogen-bond acceptors (Lipinski definition) is 2. The molecule has 2 atom stereocenters. The van der Waals surface area contributed by atoms with Gasteiger partial charge in [0, 0.05) is 19.1 Å². The van der Waals surface area contributed by atoms with Gasteiger partial charge in [0.15, 0.2) is 5.96 Å². The van der Waals surface area contributed by atoms with Gasteiger partial charge in [-0.15, -0.1) is 24.0 Å². The van der Waals surface area contributed by atoms with Crippen molar-refractivity contribution in [2.75, 3.05) is 33.2 Å². The average molecular weight is 366 g/mol. The zero-order valence-electron chi connectivity index (χ0n) is 11.6. The van der Waals surface area contributed by atoms with Crippen molar-refractivity contribution in [1.29, 1.82) is 0 Å². The molecule has 2 aliphatic heterocycles. The third-order valence-corrected chi connectivity index (χ3v) is 4.12. The van der Waals surface area contributed by atoms with E-state index < -0.39 is 0 Å². The molecule has 0 spiro atoms. The van der Waals surface area contributed by atoms with Crippen LogP contribution in [-0.2, 0) is 0 Å². The number of hydrogen-bond donors (Lipinski definition) is 1. The molecule has 5 heteroatoms. The molecule has 0 aromatic carbocycles. The van der Waals surface area contributed by atoms with Gasteiger partial charge in [0.2, 0.25) is 0 Å². The van der Waals surface area contributed by atoms with Crippen molar-refractivity contribution >= 4 is 29.9 Å². The smallest absolute Gasteiger partial charge is 0.191 e. The molecule has 0 amide bonds. The van der Waals surface area contributed by atoms with E-state index in [1.54, 1.807) is 0 Å². The van der Waals surface area contributed by atoms with Crippen LogP contribution in [0.5, 0.6) is 0 Å². The Hall–Kier alpha value is -0.0400. The van der Waals surface area contributed by atoms with Gasteiger partial charge in [-0.25, -0.2) is 0 Å². The van der Waals surface area contributed by atoms with Gasteiger partial charge in [-0.1, -0.05) is 6.92 Å².